The number of hydrogen-bond acceptors (Lipinski definition) is 3. The van der Waals surface area contributed by atoms with Gasteiger partial charge in [0.05, 0.1) is 7.11 Å². The van der Waals surface area contributed by atoms with E-state index in [0.717, 1.165) is 12.0 Å². The van der Waals surface area contributed by atoms with Crippen LogP contribution in [0.1, 0.15) is 18.9 Å². The van der Waals surface area contributed by atoms with E-state index in [0.29, 0.717) is 12.3 Å². The number of carbonyl (C=O) groups is 1. The molecule has 0 aliphatic heterocycles. The third-order valence-corrected chi connectivity index (χ3v) is 1.77. The molecule has 3 heteroatoms. The minimum Gasteiger partial charge on any atom is -0.481 e. The van der Waals surface area contributed by atoms with Gasteiger partial charge in [0.25, 0.3) is 0 Å². The van der Waals surface area contributed by atoms with Gasteiger partial charge in [0.15, 0.2) is 0 Å². The van der Waals surface area contributed by atoms with Crippen LogP contribution in [0.25, 0.3) is 0 Å². The van der Waals surface area contributed by atoms with Crippen LogP contribution in [0.3, 0.4) is 0 Å². The first kappa shape index (κ1) is 9.71. The number of rotatable bonds is 4. The lowest BCUT2D eigenvalue weighted by Crippen LogP contribution is -1.95. The van der Waals surface area contributed by atoms with Crippen LogP contribution >= 0.6 is 0 Å². The van der Waals surface area contributed by atoms with Crippen LogP contribution in [-0.4, -0.2) is 17.9 Å². The number of carbonyl (C=O) groups excluding carboxylic acids is 1. The third kappa shape index (κ3) is 3.23. The Morgan fingerprint density at radius 2 is 2.38 bits per heavy atom. The number of methoxy groups -OCH3 is 1. The van der Waals surface area contributed by atoms with Crippen molar-refractivity contribution in [3.63, 3.8) is 0 Å². The lowest BCUT2D eigenvalue weighted by Gasteiger charge is -2.01. The van der Waals surface area contributed by atoms with Crippen molar-refractivity contribution in [2.45, 2.75) is 19.8 Å². The summed E-state index contributed by atoms with van der Waals surface area (Å²) in [6, 6.07) is 3.74. The molecule has 0 unspecified atom stereocenters. The Labute approximate surface area is 77.8 Å². The predicted molar refractivity (Wildman–Crippen MR) is 49.8 cm³/mol. The molecule has 1 rings (SSSR count). The molecule has 0 saturated carbocycles. The standard InChI is InChI=1S/C10H13NO2/c1-8(12)3-4-9-5-6-11-10(7-9)13-2/h5-7H,3-4H2,1-2H3. The number of ketones is 1. The van der Waals surface area contributed by atoms with E-state index in [2.05, 4.69) is 4.98 Å². The Bertz CT molecular complexity index is 297. The maximum atomic E-state index is 10.7. The number of ether oxygens (including phenoxy) is 1. The van der Waals surface area contributed by atoms with Crippen molar-refractivity contribution >= 4 is 5.78 Å². The average Bonchev–Trinajstić information content (AvgIpc) is 2.15. The van der Waals surface area contributed by atoms with Crippen molar-refractivity contribution < 1.29 is 9.53 Å². The third-order valence-electron chi connectivity index (χ3n) is 1.77. The smallest absolute Gasteiger partial charge is 0.213 e. The molecule has 70 valence electrons. The van der Waals surface area contributed by atoms with Gasteiger partial charge in [-0.05, 0) is 25.0 Å². The predicted octanol–water partition coefficient (Wildman–Crippen LogP) is 1.61. The summed E-state index contributed by atoms with van der Waals surface area (Å²) >= 11 is 0. The number of hydrogen-bond donors (Lipinski definition) is 0. The van der Waals surface area contributed by atoms with Gasteiger partial charge in [0.1, 0.15) is 5.78 Å². The summed E-state index contributed by atoms with van der Waals surface area (Å²) in [5.74, 6) is 0.803. The first-order valence-corrected chi connectivity index (χ1v) is 4.20. The van der Waals surface area contributed by atoms with E-state index in [1.807, 2.05) is 12.1 Å². The molecule has 0 fully saturated rings. The molecule has 0 aliphatic rings. The summed E-state index contributed by atoms with van der Waals surface area (Å²) in [5.41, 5.74) is 1.09. The molecule has 0 N–H and O–H groups in total. The summed E-state index contributed by atoms with van der Waals surface area (Å²) in [4.78, 5) is 14.7. The molecule has 0 amide bonds. The zero-order chi connectivity index (χ0) is 9.68. The Kier molecular flexibility index (Phi) is 3.43. The van der Waals surface area contributed by atoms with Gasteiger partial charge in [0, 0.05) is 18.7 Å². The molecular formula is C10H13NO2. The Hall–Kier alpha value is -1.38. The average molecular weight is 179 g/mol. The van der Waals surface area contributed by atoms with Crippen LogP contribution in [0, 0.1) is 0 Å². The van der Waals surface area contributed by atoms with E-state index in [9.17, 15) is 4.79 Å². The normalized spacial score (nSPS) is 9.69. The quantitative estimate of drug-likeness (QED) is 0.705. The Morgan fingerprint density at radius 3 is 3.00 bits per heavy atom. The topological polar surface area (TPSA) is 39.2 Å². The van der Waals surface area contributed by atoms with Gasteiger partial charge in [-0.15, -0.1) is 0 Å². The number of pyridine rings is 1. The number of aromatic nitrogens is 1. The molecule has 13 heavy (non-hydrogen) atoms. The highest BCUT2D eigenvalue weighted by atomic mass is 16.5. The molecule has 1 aromatic rings. The van der Waals surface area contributed by atoms with Gasteiger partial charge >= 0.3 is 0 Å². The highest BCUT2D eigenvalue weighted by molar-refractivity contribution is 5.75. The minimum absolute atomic E-state index is 0.204. The molecule has 0 aliphatic carbocycles. The minimum atomic E-state index is 0.204. The summed E-state index contributed by atoms with van der Waals surface area (Å²) in [5, 5.41) is 0. The van der Waals surface area contributed by atoms with Gasteiger partial charge in [-0.2, -0.15) is 0 Å². The van der Waals surface area contributed by atoms with Crippen molar-refractivity contribution in [3.8, 4) is 5.88 Å². The summed E-state index contributed by atoms with van der Waals surface area (Å²) in [6.45, 7) is 1.60. The zero-order valence-corrected chi connectivity index (χ0v) is 7.91. The number of aryl methyl sites for hydroxylation is 1. The van der Waals surface area contributed by atoms with Gasteiger partial charge in [-0.1, -0.05) is 0 Å². The molecule has 0 saturated heterocycles. The van der Waals surface area contributed by atoms with Crippen LogP contribution in [0.5, 0.6) is 5.88 Å². The van der Waals surface area contributed by atoms with E-state index in [1.54, 1.807) is 20.2 Å². The maximum absolute atomic E-state index is 10.7. The molecular weight excluding hydrogens is 166 g/mol. The van der Waals surface area contributed by atoms with E-state index < -0.39 is 0 Å². The van der Waals surface area contributed by atoms with Crippen molar-refractivity contribution in [3.05, 3.63) is 23.9 Å². The van der Waals surface area contributed by atoms with Gasteiger partial charge < -0.3 is 9.53 Å². The SMILES string of the molecule is COc1cc(CCC(C)=O)ccn1. The first-order chi connectivity index (χ1) is 6.22. The molecule has 0 radical (unpaired) electrons. The summed E-state index contributed by atoms with van der Waals surface area (Å²) < 4.78 is 4.97. The van der Waals surface area contributed by atoms with E-state index in [4.69, 9.17) is 4.74 Å². The fourth-order valence-corrected chi connectivity index (χ4v) is 1.04. The Morgan fingerprint density at radius 1 is 1.62 bits per heavy atom. The first-order valence-electron chi connectivity index (χ1n) is 4.20. The fraction of sp³-hybridized carbons (Fsp3) is 0.400. The second-order valence-electron chi connectivity index (χ2n) is 2.91. The highest BCUT2D eigenvalue weighted by Crippen LogP contribution is 2.10. The van der Waals surface area contributed by atoms with E-state index >= 15 is 0 Å². The van der Waals surface area contributed by atoms with Gasteiger partial charge in [-0.3, -0.25) is 0 Å². The van der Waals surface area contributed by atoms with Gasteiger partial charge in [-0.25, -0.2) is 4.98 Å². The van der Waals surface area contributed by atoms with E-state index in [-0.39, 0.29) is 5.78 Å². The zero-order valence-electron chi connectivity index (χ0n) is 7.91. The number of Topliss-reactive ketones (excluding diaryl/α,β-unsaturated/α-hetero) is 1. The molecule has 0 spiro atoms. The highest BCUT2D eigenvalue weighted by Gasteiger charge is 1.98. The second-order valence-corrected chi connectivity index (χ2v) is 2.91. The fourth-order valence-electron chi connectivity index (χ4n) is 1.04. The van der Waals surface area contributed by atoms with Crippen molar-refractivity contribution in [1.29, 1.82) is 0 Å². The lowest BCUT2D eigenvalue weighted by molar-refractivity contribution is -0.116. The van der Waals surface area contributed by atoms with Crippen LogP contribution in [0.4, 0.5) is 0 Å². The van der Waals surface area contributed by atoms with E-state index in [1.165, 1.54) is 0 Å². The Balaban J connectivity index is 2.61. The second kappa shape index (κ2) is 4.60. The van der Waals surface area contributed by atoms with Crippen LogP contribution < -0.4 is 4.74 Å². The number of nitrogens with zero attached hydrogens (tertiary/aromatic N) is 1. The molecule has 0 atom stereocenters. The summed E-state index contributed by atoms with van der Waals surface area (Å²) in [7, 11) is 1.58. The lowest BCUT2D eigenvalue weighted by atomic mass is 10.1. The monoisotopic (exact) mass is 179 g/mol. The largest absolute Gasteiger partial charge is 0.481 e. The molecule has 1 heterocycles. The van der Waals surface area contributed by atoms with Crippen LogP contribution in [-0.2, 0) is 11.2 Å². The molecule has 1 aromatic heterocycles. The van der Waals surface area contributed by atoms with Crippen molar-refractivity contribution in [2.24, 2.45) is 0 Å². The van der Waals surface area contributed by atoms with Crippen molar-refractivity contribution in [1.82, 2.24) is 4.98 Å². The maximum Gasteiger partial charge on any atom is 0.213 e. The summed E-state index contributed by atoms with van der Waals surface area (Å²) in [6.07, 6.45) is 3.02. The van der Waals surface area contributed by atoms with Gasteiger partial charge in [0.2, 0.25) is 5.88 Å². The van der Waals surface area contributed by atoms with Crippen molar-refractivity contribution in [2.75, 3.05) is 7.11 Å². The molecule has 3 nitrogen and oxygen atoms in total. The van der Waals surface area contributed by atoms with Crippen LogP contribution in [0.2, 0.25) is 0 Å². The van der Waals surface area contributed by atoms with Crippen LogP contribution in [0.15, 0.2) is 18.3 Å². The molecule has 0 bridgehead atoms. The molecule has 0 aromatic carbocycles.